The minimum absolute atomic E-state index is 0.0478. The molecule has 0 bridgehead atoms. The summed E-state index contributed by atoms with van der Waals surface area (Å²) in [7, 11) is 0. The number of carbonyl (C=O) groups is 1. The molecule has 0 unspecified atom stereocenters. The molecule has 1 aliphatic heterocycles. The molecule has 2 atom stereocenters. The van der Waals surface area contributed by atoms with Crippen molar-refractivity contribution in [2.24, 2.45) is 11.7 Å². The summed E-state index contributed by atoms with van der Waals surface area (Å²) in [4.78, 5) is 11.6. The van der Waals surface area contributed by atoms with Crippen LogP contribution >= 0.6 is 0 Å². The molecule has 15 heavy (non-hydrogen) atoms. The topological polar surface area (TPSA) is 64.4 Å². The van der Waals surface area contributed by atoms with Crippen LogP contribution in [0, 0.1) is 5.92 Å². The van der Waals surface area contributed by atoms with Gasteiger partial charge in [-0.1, -0.05) is 12.8 Å². The molecule has 0 aromatic rings. The molecular weight excluding hydrogens is 192 g/mol. The van der Waals surface area contributed by atoms with Gasteiger partial charge in [-0.3, -0.25) is 4.79 Å². The number of rotatable bonds is 5. The quantitative estimate of drug-likeness (QED) is 0.693. The number of hydrogen-bond donors (Lipinski definition) is 2. The summed E-state index contributed by atoms with van der Waals surface area (Å²) in [5.74, 6) is 0.915. The Labute approximate surface area is 90.5 Å². The van der Waals surface area contributed by atoms with Crippen molar-refractivity contribution >= 4 is 5.91 Å². The van der Waals surface area contributed by atoms with Gasteiger partial charge in [-0.15, -0.1) is 0 Å². The molecule has 2 rings (SSSR count). The molecule has 1 saturated heterocycles. The highest BCUT2D eigenvalue weighted by atomic mass is 16.5. The fourth-order valence-corrected chi connectivity index (χ4v) is 1.99. The second kappa shape index (κ2) is 4.94. The predicted octanol–water partition coefficient (Wildman–Crippen LogP) is 0.409. The van der Waals surface area contributed by atoms with Gasteiger partial charge >= 0.3 is 0 Å². The summed E-state index contributed by atoms with van der Waals surface area (Å²) in [5.41, 5.74) is 5.49. The van der Waals surface area contributed by atoms with Crippen LogP contribution in [-0.4, -0.2) is 31.2 Å². The van der Waals surface area contributed by atoms with E-state index < -0.39 is 0 Å². The largest absolute Gasteiger partial charge is 0.364 e. The highest BCUT2D eigenvalue weighted by molar-refractivity contribution is 5.80. The first-order valence-electron chi connectivity index (χ1n) is 5.93. The van der Waals surface area contributed by atoms with Crippen molar-refractivity contribution in [1.29, 1.82) is 0 Å². The molecule has 0 aromatic heterocycles. The lowest BCUT2D eigenvalue weighted by Gasteiger charge is -2.12. The third-order valence-electron chi connectivity index (χ3n) is 3.21. The van der Waals surface area contributed by atoms with Crippen LogP contribution in [0.5, 0.6) is 0 Å². The predicted molar refractivity (Wildman–Crippen MR) is 57.3 cm³/mol. The van der Waals surface area contributed by atoms with Gasteiger partial charge < -0.3 is 15.8 Å². The Hall–Kier alpha value is -0.610. The Balaban J connectivity index is 1.62. The third-order valence-corrected chi connectivity index (χ3v) is 3.21. The van der Waals surface area contributed by atoms with Crippen molar-refractivity contribution in [3.8, 4) is 0 Å². The molecular formula is C11H20N2O2. The molecule has 1 saturated carbocycles. The van der Waals surface area contributed by atoms with Gasteiger partial charge in [-0.2, -0.15) is 0 Å². The second-order valence-electron chi connectivity index (χ2n) is 4.58. The SMILES string of the molecule is NC[C@H]1CC[C@@H](C(=O)NCCC2CC2)O1. The normalized spacial score (nSPS) is 30.5. The van der Waals surface area contributed by atoms with Crippen LogP contribution in [0.2, 0.25) is 0 Å². The van der Waals surface area contributed by atoms with Crippen LogP contribution in [0.3, 0.4) is 0 Å². The van der Waals surface area contributed by atoms with E-state index in [9.17, 15) is 4.79 Å². The Bertz CT molecular complexity index is 229. The zero-order valence-electron chi connectivity index (χ0n) is 9.08. The van der Waals surface area contributed by atoms with E-state index in [2.05, 4.69) is 5.32 Å². The number of ether oxygens (including phenoxy) is 1. The van der Waals surface area contributed by atoms with Crippen LogP contribution in [0.15, 0.2) is 0 Å². The standard InChI is InChI=1S/C11H20N2O2/c12-7-9-3-4-10(15-9)11(14)13-6-5-8-1-2-8/h8-10H,1-7,12H2,(H,13,14)/t9-,10+/m1/s1. The summed E-state index contributed by atoms with van der Waals surface area (Å²) in [6, 6.07) is 0. The molecule has 1 aliphatic carbocycles. The molecule has 0 aromatic carbocycles. The first-order chi connectivity index (χ1) is 7.29. The summed E-state index contributed by atoms with van der Waals surface area (Å²) in [6.45, 7) is 1.32. The highest BCUT2D eigenvalue weighted by Crippen LogP contribution is 2.31. The van der Waals surface area contributed by atoms with Gasteiger partial charge in [0, 0.05) is 13.1 Å². The molecule has 0 radical (unpaired) electrons. The molecule has 2 aliphatic rings. The van der Waals surface area contributed by atoms with E-state index >= 15 is 0 Å². The van der Waals surface area contributed by atoms with Gasteiger partial charge in [-0.05, 0) is 25.2 Å². The minimum Gasteiger partial charge on any atom is -0.364 e. The van der Waals surface area contributed by atoms with Crippen LogP contribution in [0.4, 0.5) is 0 Å². The van der Waals surface area contributed by atoms with E-state index in [4.69, 9.17) is 10.5 Å². The zero-order valence-corrected chi connectivity index (χ0v) is 9.08. The average molecular weight is 212 g/mol. The summed E-state index contributed by atoms with van der Waals surface area (Å²) < 4.78 is 5.51. The van der Waals surface area contributed by atoms with E-state index in [-0.39, 0.29) is 18.1 Å². The van der Waals surface area contributed by atoms with Gasteiger partial charge in [0.1, 0.15) is 6.10 Å². The van der Waals surface area contributed by atoms with Crippen LogP contribution in [0.1, 0.15) is 32.1 Å². The maximum absolute atomic E-state index is 11.6. The van der Waals surface area contributed by atoms with Gasteiger partial charge in [0.25, 0.3) is 0 Å². The van der Waals surface area contributed by atoms with Crippen molar-refractivity contribution in [1.82, 2.24) is 5.32 Å². The molecule has 3 N–H and O–H groups in total. The van der Waals surface area contributed by atoms with Crippen molar-refractivity contribution in [2.75, 3.05) is 13.1 Å². The third kappa shape index (κ3) is 3.18. The average Bonchev–Trinajstić information content (AvgIpc) is 2.94. The lowest BCUT2D eigenvalue weighted by Crippen LogP contribution is -2.36. The molecule has 1 heterocycles. The van der Waals surface area contributed by atoms with E-state index in [0.29, 0.717) is 6.54 Å². The van der Waals surface area contributed by atoms with Crippen LogP contribution in [-0.2, 0) is 9.53 Å². The summed E-state index contributed by atoms with van der Waals surface area (Å²) in [6.07, 6.45) is 5.37. The Kier molecular flexibility index (Phi) is 3.59. The van der Waals surface area contributed by atoms with Crippen molar-refractivity contribution in [3.63, 3.8) is 0 Å². The number of nitrogens with one attached hydrogen (secondary N) is 1. The van der Waals surface area contributed by atoms with Crippen molar-refractivity contribution < 1.29 is 9.53 Å². The first kappa shape index (κ1) is 10.9. The fourth-order valence-electron chi connectivity index (χ4n) is 1.99. The van der Waals surface area contributed by atoms with Gasteiger partial charge in [-0.25, -0.2) is 0 Å². The lowest BCUT2D eigenvalue weighted by atomic mass is 10.2. The summed E-state index contributed by atoms with van der Waals surface area (Å²) >= 11 is 0. The molecule has 2 fully saturated rings. The van der Waals surface area contributed by atoms with E-state index in [1.165, 1.54) is 12.8 Å². The highest BCUT2D eigenvalue weighted by Gasteiger charge is 2.29. The molecule has 86 valence electrons. The van der Waals surface area contributed by atoms with E-state index in [1.807, 2.05) is 0 Å². The van der Waals surface area contributed by atoms with Crippen LogP contribution < -0.4 is 11.1 Å². The van der Waals surface area contributed by atoms with Gasteiger partial charge in [0.05, 0.1) is 6.10 Å². The Morgan fingerprint density at radius 3 is 2.73 bits per heavy atom. The van der Waals surface area contributed by atoms with Gasteiger partial charge in [0.15, 0.2) is 0 Å². The van der Waals surface area contributed by atoms with Crippen LogP contribution in [0.25, 0.3) is 0 Å². The molecule has 4 heteroatoms. The number of carbonyl (C=O) groups excluding carboxylic acids is 1. The zero-order chi connectivity index (χ0) is 10.7. The molecule has 0 spiro atoms. The maximum atomic E-state index is 11.6. The maximum Gasteiger partial charge on any atom is 0.249 e. The smallest absolute Gasteiger partial charge is 0.249 e. The molecule has 4 nitrogen and oxygen atoms in total. The number of hydrogen-bond acceptors (Lipinski definition) is 3. The fraction of sp³-hybridized carbons (Fsp3) is 0.909. The van der Waals surface area contributed by atoms with Crippen molar-refractivity contribution in [2.45, 2.75) is 44.3 Å². The number of amides is 1. The van der Waals surface area contributed by atoms with E-state index in [1.54, 1.807) is 0 Å². The van der Waals surface area contributed by atoms with E-state index in [0.717, 1.165) is 31.7 Å². The lowest BCUT2D eigenvalue weighted by molar-refractivity contribution is -0.131. The number of nitrogens with two attached hydrogens (primary N) is 1. The Morgan fingerprint density at radius 2 is 2.13 bits per heavy atom. The first-order valence-corrected chi connectivity index (χ1v) is 5.93. The summed E-state index contributed by atoms with van der Waals surface area (Å²) in [5, 5.41) is 2.94. The van der Waals surface area contributed by atoms with Crippen molar-refractivity contribution in [3.05, 3.63) is 0 Å². The van der Waals surface area contributed by atoms with Gasteiger partial charge in [0.2, 0.25) is 5.91 Å². The monoisotopic (exact) mass is 212 g/mol. The molecule has 1 amide bonds. The second-order valence-corrected chi connectivity index (χ2v) is 4.58. The minimum atomic E-state index is -0.252. The Morgan fingerprint density at radius 1 is 1.33 bits per heavy atom.